The van der Waals surface area contributed by atoms with Gasteiger partial charge in [0, 0.05) is 28.9 Å². The van der Waals surface area contributed by atoms with Crippen molar-refractivity contribution >= 4 is 28.3 Å². The minimum atomic E-state index is -0.930. The van der Waals surface area contributed by atoms with Crippen LogP contribution < -0.4 is 11.1 Å². The van der Waals surface area contributed by atoms with E-state index in [2.05, 4.69) is 15.3 Å². The van der Waals surface area contributed by atoms with E-state index in [1.165, 1.54) is 0 Å². The highest BCUT2D eigenvalue weighted by Crippen LogP contribution is 2.20. The second-order valence-electron chi connectivity index (χ2n) is 3.08. The third-order valence-corrected chi connectivity index (χ3v) is 3.23. The molecule has 0 spiro atoms. The zero-order valence-electron chi connectivity index (χ0n) is 9.25. The van der Waals surface area contributed by atoms with Crippen LogP contribution >= 0.6 is 0 Å². The number of anilines is 2. The molecule has 1 unspecified atom stereocenters. The first-order chi connectivity index (χ1) is 8.04. The van der Waals surface area contributed by atoms with Crippen molar-refractivity contribution in [1.82, 2.24) is 9.97 Å². The molecule has 0 aliphatic rings. The number of aromatic nitrogens is 2. The molecule has 0 bridgehead atoms. The fourth-order valence-electron chi connectivity index (χ4n) is 1.08. The number of rotatable bonds is 6. The van der Waals surface area contributed by atoms with Crippen molar-refractivity contribution in [3.63, 3.8) is 0 Å². The Bertz CT molecular complexity index is 439. The summed E-state index contributed by atoms with van der Waals surface area (Å²) in [5.41, 5.74) is 5.09. The van der Waals surface area contributed by atoms with Crippen LogP contribution in [0, 0.1) is 10.1 Å². The van der Waals surface area contributed by atoms with Crippen LogP contribution in [0.15, 0.2) is 6.20 Å². The zero-order valence-corrected chi connectivity index (χ0v) is 10.1. The summed E-state index contributed by atoms with van der Waals surface area (Å²) in [5, 5.41) is 13.4. The Labute approximate surface area is 100 Å². The maximum Gasteiger partial charge on any atom is 0.329 e. The molecule has 17 heavy (non-hydrogen) atoms. The number of nitrogen functional groups attached to an aromatic ring is 1. The first-order valence-corrected chi connectivity index (χ1v) is 6.39. The Morgan fingerprint density at radius 2 is 2.35 bits per heavy atom. The fraction of sp³-hybridized carbons (Fsp3) is 0.500. The van der Waals surface area contributed by atoms with Crippen LogP contribution in [0.5, 0.6) is 0 Å². The maximum atomic E-state index is 11.2. The minimum absolute atomic E-state index is 0.0466. The van der Waals surface area contributed by atoms with Crippen molar-refractivity contribution < 1.29 is 9.13 Å². The normalized spacial score (nSPS) is 12.1. The molecule has 1 atom stereocenters. The van der Waals surface area contributed by atoms with Gasteiger partial charge in [0.25, 0.3) is 0 Å². The second-order valence-corrected chi connectivity index (χ2v) is 4.94. The summed E-state index contributed by atoms with van der Waals surface area (Å²) in [6.45, 7) is 2.14. The highest BCUT2D eigenvalue weighted by Gasteiger charge is 2.16. The van der Waals surface area contributed by atoms with Crippen LogP contribution in [0.3, 0.4) is 0 Å². The predicted molar refractivity (Wildman–Crippen MR) is 65.1 cm³/mol. The van der Waals surface area contributed by atoms with E-state index in [0.717, 1.165) is 6.20 Å². The van der Waals surface area contributed by atoms with Crippen LogP contribution in [-0.2, 0) is 10.8 Å². The first kappa shape index (κ1) is 13.3. The third kappa shape index (κ3) is 3.94. The molecule has 1 aromatic heterocycles. The van der Waals surface area contributed by atoms with Crippen molar-refractivity contribution in [2.45, 2.75) is 6.92 Å². The highest BCUT2D eigenvalue weighted by atomic mass is 32.2. The topological polar surface area (TPSA) is 124 Å². The molecule has 9 heteroatoms. The molecule has 0 saturated heterocycles. The molecular formula is C8H13N5O3S. The van der Waals surface area contributed by atoms with Gasteiger partial charge in [0.15, 0.2) is 0 Å². The number of nitro groups is 1. The van der Waals surface area contributed by atoms with E-state index in [1.54, 1.807) is 6.92 Å². The molecule has 0 aliphatic carbocycles. The maximum absolute atomic E-state index is 11.2. The van der Waals surface area contributed by atoms with Gasteiger partial charge >= 0.3 is 5.69 Å². The number of hydrogen-bond donors (Lipinski definition) is 2. The van der Waals surface area contributed by atoms with Gasteiger partial charge in [-0.15, -0.1) is 0 Å². The summed E-state index contributed by atoms with van der Waals surface area (Å²) in [6.07, 6.45) is 1.04. The van der Waals surface area contributed by atoms with E-state index < -0.39 is 15.7 Å². The standard InChI is InChI=1S/C8H13N5O3S/c1-2-17(16)4-3-10-7-6(13(14)15)5-11-8(9)12-7/h5H,2-4H2,1H3,(H3,9,10,11,12). The third-order valence-electron chi connectivity index (χ3n) is 1.93. The molecule has 0 aromatic carbocycles. The lowest BCUT2D eigenvalue weighted by atomic mass is 10.4. The summed E-state index contributed by atoms with van der Waals surface area (Å²) in [7, 11) is -0.930. The molecule has 8 nitrogen and oxygen atoms in total. The van der Waals surface area contributed by atoms with Crippen LogP contribution in [0.1, 0.15) is 6.92 Å². The molecule has 0 amide bonds. The van der Waals surface area contributed by atoms with Gasteiger partial charge in [0.2, 0.25) is 11.8 Å². The van der Waals surface area contributed by atoms with Crippen LogP contribution in [0.4, 0.5) is 17.5 Å². The monoisotopic (exact) mass is 259 g/mol. The summed E-state index contributed by atoms with van der Waals surface area (Å²) in [5.74, 6) is 0.957. The van der Waals surface area contributed by atoms with Gasteiger partial charge < -0.3 is 11.1 Å². The molecule has 94 valence electrons. The second kappa shape index (κ2) is 6.09. The summed E-state index contributed by atoms with van der Waals surface area (Å²) >= 11 is 0. The van der Waals surface area contributed by atoms with E-state index in [9.17, 15) is 14.3 Å². The number of nitrogens with one attached hydrogen (secondary N) is 1. The van der Waals surface area contributed by atoms with Gasteiger partial charge in [-0.05, 0) is 0 Å². The lowest BCUT2D eigenvalue weighted by Gasteiger charge is -2.05. The van der Waals surface area contributed by atoms with Gasteiger partial charge in [-0.2, -0.15) is 4.98 Å². The fourth-order valence-corrected chi connectivity index (χ4v) is 1.70. The average molecular weight is 259 g/mol. The van der Waals surface area contributed by atoms with E-state index >= 15 is 0 Å². The predicted octanol–water partition coefficient (Wildman–Crippen LogP) is 0.148. The van der Waals surface area contributed by atoms with Crippen molar-refractivity contribution in [3.8, 4) is 0 Å². The SMILES string of the molecule is CCS(=O)CCNc1nc(N)ncc1[N+](=O)[O-]. The molecule has 0 aliphatic heterocycles. The average Bonchev–Trinajstić information content (AvgIpc) is 2.28. The van der Waals surface area contributed by atoms with Crippen molar-refractivity contribution in [2.24, 2.45) is 0 Å². The van der Waals surface area contributed by atoms with E-state index in [4.69, 9.17) is 5.73 Å². The van der Waals surface area contributed by atoms with E-state index in [0.29, 0.717) is 18.1 Å². The van der Waals surface area contributed by atoms with Gasteiger partial charge in [-0.25, -0.2) is 4.98 Å². The summed E-state index contributed by atoms with van der Waals surface area (Å²) in [4.78, 5) is 17.3. The highest BCUT2D eigenvalue weighted by molar-refractivity contribution is 7.84. The minimum Gasteiger partial charge on any atom is -0.368 e. The van der Waals surface area contributed by atoms with Crippen molar-refractivity contribution in [2.75, 3.05) is 29.1 Å². The molecule has 1 aromatic rings. The molecule has 1 heterocycles. The Morgan fingerprint density at radius 1 is 1.65 bits per heavy atom. The molecule has 1 rings (SSSR count). The smallest absolute Gasteiger partial charge is 0.329 e. The Morgan fingerprint density at radius 3 is 2.94 bits per heavy atom. The van der Waals surface area contributed by atoms with E-state index in [1.807, 2.05) is 0 Å². The van der Waals surface area contributed by atoms with Crippen LogP contribution in [0.2, 0.25) is 0 Å². The van der Waals surface area contributed by atoms with Gasteiger partial charge in [-0.1, -0.05) is 6.92 Å². The number of nitrogens with zero attached hydrogens (tertiary/aromatic N) is 3. The summed E-state index contributed by atoms with van der Waals surface area (Å²) in [6, 6.07) is 0. The lowest BCUT2D eigenvalue weighted by Crippen LogP contribution is -2.14. The van der Waals surface area contributed by atoms with E-state index in [-0.39, 0.29) is 17.5 Å². The first-order valence-electron chi connectivity index (χ1n) is 4.90. The Kier molecular flexibility index (Phi) is 4.76. The molecular weight excluding hydrogens is 246 g/mol. The zero-order chi connectivity index (χ0) is 12.8. The Hall–Kier alpha value is -1.77. The summed E-state index contributed by atoms with van der Waals surface area (Å²) < 4.78 is 11.2. The molecule has 0 fully saturated rings. The lowest BCUT2D eigenvalue weighted by molar-refractivity contribution is -0.384. The van der Waals surface area contributed by atoms with Crippen LogP contribution in [-0.4, -0.2) is 37.2 Å². The quantitative estimate of drug-likeness (QED) is 0.550. The molecule has 0 saturated carbocycles. The van der Waals surface area contributed by atoms with Gasteiger partial charge in [-0.3, -0.25) is 14.3 Å². The van der Waals surface area contributed by atoms with Gasteiger partial charge in [0.1, 0.15) is 6.20 Å². The van der Waals surface area contributed by atoms with Crippen LogP contribution in [0.25, 0.3) is 0 Å². The van der Waals surface area contributed by atoms with Crippen molar-refractivity contribution in [1.29, 1.82) is 0 Å². The van der Waals surface area contributed by atoms with Crippen molar-refractivity contribution in [3.05, 3.63) is 16.3 Å². The largest absolute Gasteiger partial charge is 0.368 e. The number of hydrogen-bond acceptors (Lipinski definition) is 7. The Balaban J connectivity index is 2.72. The molecule has 3 N–H and O–H groups in total. The van der Waals surface area contributed by atoms with Gasteiger partial charge in [0.05, 0.1) is 4.92 Å². The number of nitrogens with two attached hydrogens (primary N) is 1. The molecule has 0 radical (unpaired) electrons.